The highest BCUT2D eigenvalue weighted by molar-refractivity contribution is 7.98. The predicted octanol–water partition coefficient (Wildman–Crippen LogP) is 2.76. The summed E-state index contributed by atoms with van der Waals surface area (Å²) in [4.78, 5) is 4.31. The molecule has 0 aliphatic carbocycles. The molecule has 4 nitrogen and oxygen atoms in total. The maximum absolute atomic E-state index is 12.8. The van der Waals surface area contributed by atoms with Crippen molar-refractivity contribution in [2.24, 2.45) is 0 Å². The summed E-state index contributed by atoms with van der Waals surface area (Å²) in [6.45, 7) is 0. The zero-order valence-corrected chi connectivity index (χ0v) is 13.3. The molecule has 1 aromatic carbocycles. The third-order valence-corrected chi connectivity index (χ3v) is 5.60. The first-order valence-corrected chi connectivity index (χ1v) is 8.58. The van der Waals surface area contributed by atoms with Gasteiger partial charge in [0.15, 0.2) is 0 Å². The molecule has 1 aromatic heterocycles. The van der Waals surface area contributed by atoms with Crippen molar-refractivity contribution in [2.45, 2.75) is 15.7 Å². The minimum absolute atomic E-state index is 0.165. The van der Waals surface area contributed by atoms with E-state index in [0.29, 0.717) is 5.75 Å². The Bertz CT molecular complexity index is 699. The Morgan fingerprint density at radius 3 is 2.33 bits per heavy atom. The molecule has 0 saturated carbocycles. The summed E-state index contributed by atoms with van der Waals surface area (Å²) in [5.41, 5.74) is 0.980. The quantitative estimate of drug-likeness (QED) is 0.793. The number of aromatic nitrogens is 1. The second-order valence-electron chi connectivity index (χ2n) is 4.53. The van der Waals surface area contributed by atoms with Crippen molar-refractivity contribution < 1.29 is 12.8 Å². The van der Waals surface area contributed by atoms with Gasteiger partial charge in [-0.15, -0.1) is 11.8 Å². The van der Waals surface area contributed by atoms with E-state index in [-0.39, 0.29) is 10.7 Å². The minimum atomic E-state index is -3.45. The molecule has 0 N–H and O–H groups in total. The van der Waals surface area contributed by atoms with Crippen molar-refractivity contribution in [3.63, 3.8) is 0 Å². The Morgan fingerprint density at radius 1 is 1.14 bits per heavy atom. The van der Waals surface area contributed by atoms with Gasteiger partial charge >= 0.3 is 0 Å². The van der Waals surface area contributed by atoms with E-state index in [4.69, 9.17) is 0 Å². The molecule has 21 heavy (non-hydrogen) atoms. The van der Waals surface area contributed by atoms with Gasteiger partial charge in [0.25, 0.3) is 0 Å². The van der Waals surface area contributed by atoms with Crippen LogP contribution in [0.4, 0.5) is 4.39 Å². The average molecular weight is 326 g/mol. The van der Waals surface area contributed by atoms with Crippen LogP contribution < -0.4 is 0 Å². The van der Waals surface area contributed by atoms with E-state index in [2.05, 4.69) is 4.98 Å². The Morgan fingerprint density at radius 2 is 1.81 bits per heavy atom. The lowest BCUT2D eigenvalue weighted by Gasteiger charge is -2.11. The van der Waals surface area contributed by atoms with Crippen LogP contribution in [0.5, 0.6) is 0 Å². The van der Waals surface area contributed by atoms with Crippen LogP contribution in [0.1, 0.15) is 5.56 Å². The van der Waals surface area contributed by atoms with Crippen LogP contribution in [0.15, 0.2) is 52.5 Å². The maximum atomic E-state index is 12.8. The zero-order valence-electron chi connectivity index (χ0n) is 11.7. The molecular weight excluding hydrogens is 311 g/mol. The fourth-order valence-corrected chi connectivity index (χ4v) is 3.20. The fourth-order valence-electron chi connectivity index (χ4n) is 1.55. The van der Waals surface area contributed by atoms with Gasteiger partial charge in [0.2, 0.25) is 10.0 Å². The number of rotatable bonds is 5. The van der Waals surface area contributed by atoms with Crippen molar-refractivity contribution >= 4 is 21.8 Å². The molecule has 0 aliphatic rings. The van der Waals surface area contributed by atoms with Crippen LogP contribution in [0, 0.1) is 5.82 Å². The number of sulfonamides is 1. The summed E-state index contributed by atoms with van der Waals surface area (Å²) in [6.07, 6.45) is 1.35. The van der Waals surface area contributed by atoms with Crippen molar-refractivity contribution in [3.8, 4) is 0 Å². The molecule has 0 spiro atoms. The molecule has 0 fully saturated rings. The molecule has 1 heterocycles. The van der Waals surface area contributed by atoms with Gasteiger partial charge in [0.1, 0.15) is 10.7 Å². The highest BCUT2D eigenvalue weighted by atomic mass is 32.2. The van der Waals surface area contributed by atoms with Gasteiger partial charge in [-0.2, -0.15) is 0 Å². The Hall–Kier alpha value is -1.44. The summed E-state index contributed by atoms with van der Waals surface area (Å²) < 4.78 is 37.7. The maximum Gasteiger partial charge on any atom is 0.244 e. The van der Waals surface area contributed by atoms with Crippen LogP contribution in [0.25, 0.3) is 0 Å². The van der Waals surface area contributed by atoms with Crippen LogP contribution in [-0.2, 0) is 15.8 Å². The number of nitrogens with zero attached hydrogens (tertiary/aromatic N) is 2. The zero-order chi connectivity index (χ0) is 15.5. The predicted molar refractivity (Wildman–Crippen MR) is 81.1 cm³/mol. The molecule has 7 heteroatoms. The van der Waals surface area contributed by atoms with Gasteiger partial charge in [0, 0.05) is 26.0 Å². The normalized spacial score (nSPS) is 11.8. The smallest absolute Gasteiger partial charge is 0.244 e. The standard InChI is InChI=1S/C14H15FN2O2S2/c1-17(2)21(18,19)13-7-8-14(16-9-13)20-10-11-3-5-12(15)6-4-11/h3-9H,10H2,1-2H3. The topological polar surface area (TPSA) is 50.3 Å². The lowest BCUT2D eigenvalue weighted by molar-refractivity contribution is 0.520. The number of hydrogen-bond donors (Lipinski definition) is 0. The van der Waals surface area contributed by atoms with Crippen molar-refractivity contribution in [3.05, 3.63) is 54.0 Å². The molecule has 0 radical (unpaired) electrons. The van der Waals surface area contributed by atoms with E-state index < -0.39 is 10.0 Å². The highest BCUT2D eigenvalue weighted by Crippen LogP contribution is 2.22. The van der Waals surface area contributed by atoms with Crippen molar-refractivity contribution in [1.82, 2.24) is 9.29 Å². The summed E-state index contributed by atoms with van der Waals surface area (Å²) in [5, 5.41) is 0.719. The van der Waals surface area contributed by atoms with Gasteiger partial charge < -0.3 is 0 Å². The van der Waals surface area contributed by atoms with E-state index in [0.717, 1.165) is 14.9 Å². The van der Waals surface area contributed by atoms with E-state index in [1.165, 1.54) is 50.3 Å². The third kappa shape index (κ3) is 4.03. The van der Waals surface area contributed by atoms with E-state index >= 15 is 0 Å². The largest absolute Gasteiger partial charge is 0.249 e. The first kappa shape index (κ1) is 15.9. The molecule has 0 unspecified atom stereocenters. The summed E-state index contributed by atoms with van der Waals surface area (Å²) in [6, 6.07) is 9.46. The second kappa shape index (κ2) is 6.55. The van der Waals surface area contributed by atoms with E-state index in [1.54, 1.807) is 18.2 Å². The SMILES string of the molecule is CN(C)S(=O)(=O)c1ccc(SCc2ccc(F)cc2)nc1. The van der Waals surface area contributed by atoms with Gasteiger partial charge in [-0.05, 0) is 29.8 Å². The van der Waals surface area contributed by atoms with Crippen LogP contribution >= 0.6 is 11.8 Å². The molecule has 112 valence electrons. The molecule has 2 rings (SSSR count). The second-order valence-corrected chi connectivity index (χ2v) is 7.68. The number of halogens is 1. The Balaban J connectivity index is 2.05. The van der Waals surface area contributed by atoms with Crippen molar-refractivity contribution in [1.29, 1.82) is 0 Å². The van der Waals surface area contributed by atoms with Crippen LogP contribution in [0.2, 0.25) is 0 Å². The van der Waals surface area contributed by atoms with Crippen LogP contribution in [-0.4, -0.2) is 31.8 Å². The Labute approximate surface area is 128 Å². The minimum Gasteiger partial charge on any atom is -0.249 e. The lowest BCUT2D eigenvalue weighted by Crippen LogP contribution is -2.22. The van der Waals surface area contributed by atoms with Crippen LogP contribution in [0.3, 0.4) is 0 Å². The first-order chi connectivity index (χ1) is 9.89. The molecule has 0 bridgehead atoms. The van der Waals surface area contributed by atoms with E-state index in [1.807, 2.05) is 0 Å². The highest BCUT2D eigenvalue weighted by Gasteiger charge is 2.17. The first-order valence-electron chi connectivity index (χ1n) is 6.15. The Kier molecular flexibility index (Phi) is 4.97. The third-order valence-electron chi connectivity index (χ3n) is 2.79. The molecule has 0 saturated heterocycles. The molecule has 2 aromatic rings. The molecule has 0 aliphatic heterocycles. The van der Waals surface area contributed by atoms with E-state index in [9.17, 15) is 12.8 Å². The molecule has 0 atom stereocenters. The average Bonchev–Trinajstić information content (AvgIpc) is 2.47. The summed E-state index contributed by atoms with van der Waals surface area (Å²) >= 11 is 1.47. The summed E-state index contributed by atoms with van der Waals surface area (Å²) in [7, 11) is -0.488. The van der Waals surface area contributed by atoms with Gasteiger partial charge in [-0.1, -0.05) is 12.1 Å². The number of benzene rings is 1. The lowest BCUT2D eigenvalue weighted by atomic mass is 10.2. The molecular formula is C14H15FN2O2S2. The van der Waals surface area contributed by atoms with Crippen molar-refractivity contribution in [2.75, 3.05) is 14.1 Å². The fraction of sp³-hybridized carbons (Fsp3) is 0.214. The summed E-state index contributed by atoms with van der Waals surface area (Å²) in [5.74, 6) is 0.382. The van der Waals surface area contributed by atoms with Gasteiger partial charge in [0.05, 0.1) is 5.03 Å². The van der Waals surface area contributed by atoms with Gasteiger partial charge in [-0.3, -0.25) is 0 Å². The number of pyridine rings is 1. The molecule has 0 amide bonds. The number of thioether (sulfide) groups is 1. The van der Waals surface area contributed by atoms with Gasteiger partial charge in [-0.25, -0.2) is 22.1 Å². The monoisotopic (exact) mass is 326 g/mol. The number of hydrogen-bond acceptors (Lipinski definition) is 4.